The highest BCUT2D eigenvalue weighted by Gasteiger charge is 2.32. The molecule has 0 aromatic carbocycles. The maximum Gasteiger partial charge on any atom is 0.313 e. The largest absolute Gasteiger partial charge is 0.469 e. The fraction of sp³-hybridized carbons (Fsp3) is 0.875. The van der Waals surface area contributed by atoms with Gasteiger partial charge in [-0.05, 0) is 13.3 Å². The summed E-state index contributed by atoms with van der Waals surface area (Å²) in [5.74, 6) is -0.332. The first kappa shape index (κ1) is 10.4. The van der Waals surface area contributed by atoms with Crippen molar-refractivity contribution in [2.24, 2.45) is 5.41 Å². The highest BCUT2D eigenvalue weighted by Crippen LogP contribution is 2.23. The molecule has 0 aliphatic carbocycles. The molecule has 0 saturated carbocycles. The highest BCUT2D eigenvalue weighted by atomic mass is 16.5. The van der Waals surface area contributed by atoms with Gasteiger partial charge in [-0.2, -0.15) is 0 Å². The van der Waals surface area contributed by atoms with Gasteiger partial charge in [0.15, 0.2) is 0 Å². The van der Waals surface area contributed by atoms with Crippen LogP contribution in [0.4, 0.5) is 0 Å². The van der Waals surface area contributed by atoms with E-state index in [9.17, 15) is 4.79 Å². The summed E-state index contributed by atoms with van der Waals surface area (Å²) in [5, 5.41) is 8.92. The van der Waals surface area contributed by atoms with Crippen LogP contribution in [0.25, 0.3) is 0 Å². The third-order valence-corrected chi connectivity index (χ3v) is 1.83. The molecule has 0 aromatic rings. The maximum absolute atomic E-state index is 11.1. The molecule has 3 nitrogen and oxygen atoms in total. The van der Waals surface area contributed by atoms with Crippen molar-refractivity contribution in [2.75, 3.05) is 13.7 Å². The second kappa shape index (κ2) is 4.34. The molecular weight excluding hydrogens is 144 g/mol. The van der Waals surface area contributed by atoms with Crippen LogP contribution in [-0.2, 0) is 9.53 Å². The zero-order valence-electron chi connectivity index (χ0n) is 7.39. The zero-order chi connectivity index (χ0) is 8.91. The molecule has 0 radical (unpaired) electrons. The summed E-state index contributed by atoms with van der Waals surface area (Å²) in [4.78, 5) is 11.1. The Morgan fingerprint density at radius 1 is 1.64 bits per heavy atom. The SMILES string of the molecule is CCCC(C)(CO)C(=O)OC. The van der Waals surface area contributed by atoms with Gasteiger partial charge in [-0.15, -0.1) is 0 Å². The topological polar surface area (TPSA) is 46.5 Å². The van der Waals surface area contributed by atoms with Gasteiger partial charge in [0.1, 0.15) is 0 Å². The van der Waals surface area contributed by atoms with E-state index in [-0.39, 0.29) is 12.6 Å². The number of aliphatic hydroxyl groups is 1. The average molecular weight is 160 g/mol. The third-order valence-electron chi connectivity index (χ3n) is 1.83. The summed E-state index contributed by atoms with van der Waals surface area (Å²) in [5.41, 5.74) is -0.705. The molecule has 1 atom stereocenters. The fourth-order valence-corrected chi connectivity index (χ4v) is 1.04. The lowest BCUT2D eigenvalue weighted by Gasteiger charge is -2.22. The molecule has 0 bridgehead atoms. The van der Waals surface area contributed by atoms with Crippen LogP contribution in [0.3, 0.4) is 0 Å². The Kier molecular flexibility index (Phi) is 4.11. The Hall–Kier alpha value is -0.570. The van der Waals surface area contributed by atoms with E-state index in [2.05, 4.69) is 4.74 Å². The highest BCUT2D eigenvalue weighted by molar-refractivity contribution is 5.76. The first-order chi connectivity index (χ1) is 5.10. The Morgan fingerprint density at radius 2 is 2.18 bits per heavy atom. The lowest BCUT2D eigenvalue weighted by molar-refractivity contribution is -0.154. The van der Waals surface area contributed by atoms with Gasteiger partial charge in [-0.1, -0.05) is 13.3 Å². The summed E-state index contributed by atoms with van der Waals surface area (Å²) < 4.78 is 4.56. The maximum atomic E-state index is 11.1. The lowest BCUT2D eigenvalue weighted by atomic mass is 9.87. The Labute approximate surface area is 67.4 Å². The van der Waals surface area contributed by atoms with E-state index in [1.807, 2.05) is 6.92 Å². The number of aliphatic hydroxyl groups excluding tert-OH is 1. The van der Waals surface area contributed by atoms with Crippen molar-refractivity contribution in [1.82, 2.24) is 0 Å². The molecule has 0 fully saturated rings. The van der Waals surface area contributed by atoms with E-state index in [0.29, 0.717) is 6.42 Å². The van der Waals surface area contributed by atoms with Gasteiger partial charge >= 0.3 is 5.97 Å². The van der Waals surface area contributed by atoms with Gasteiger partial charge in [-0.25, -0.2) is 0 Å². The van der Waals surface area contributed by atoms with E-state index in [1.165, 1.54) is 7.11 Å². The van der Waals surface area contributed by atoms with E-state index >= 15 is 0 Å². The Morgan fingerprint density at radius 3 is 2.45 bits per heavy atom. The number of ether oxygens (including phenoxy) is 1. The number of esters is 1. The quantitative estimate of drug-likeness (QED) is 0.623. The first-order valence-electron chi connectivity index (χ1n) is 3.80. The minimum absolute atomic E-state index is 0.145. The average Bonchev–Trinajstić information content (AvgIpc) is 2.03. The number of carbonyl (C=O) groups excluding carboxylic acids is 1. The monoisotopic (exact) mass is 160 g/mol. The van der Waals surface area contributed by atoms with Crippen molar-refractivity contribution in [3.05, 3.63) is 0 Å². The number of carbonyl (C=O) groups is 1. The molecular formula is C8H16O3. The van der Waals surface area contributed by atoms with Crippen molar-refractivity contribution in [3.8, 4) is 0 Å². The minimum Gasteiger partial charge on any atom is -0.469 e. The van der Waals surface area contributed by atoms with Crippen molar-refractivity contribution in [2.45, 2.75) is 26.7 Å². The lowest BCUT2D eigenvalue weighted by Crippen LogP contribution is -2.32. The van der Waals surface area contributed by atoms with Crippen LogP contribution in [0, 0.1) is 5.41 Å². The Bertz CT molecular complexity index is 133. The molecule has 0 rings (SSSR count). The van der Waals surface area contributed by atoms with Crippen LogP contribution in [-0.4, -0.2) is 24.8 Å². The molecule has 3 heteroatoms. The normalized spacial score (nSPS) is 15.6. The number of methoxy groups -OCH3 is 1. The van der Waals surface area contributed by atoms with Crippen LogP contribution >= 0.6 is 0 Å². The van der Waals surface area contributed by atoms with Crippen LogP contribution in [0.1, 0.15) is 26.7 Å². The molecule has 0 aliphatic heterocycles. The molecule has 11 heavy (non-hydrogen) atoms. The van der Waals surface area contributed by atoms with Crippen LogP contribution < -0.4 is 0 Å². The molecule has 0 heterocycles. The van der Waals surface area contributed by atoms with Crippen molar-refractivity contribution in [3.63, 3.8) is 0 Å². The summed E-state index contributed by atoms with van der Waals surface area (Å²) in [6, 6.07) is 0. The number of rotatable bonds is 4. The summed E-state index contributed by atoms with van der Waals surface area (Å²) in [7, 11) is 1.34. The summed E-state index contributed by atoms with van der Waals surface area (Å²) >= 11 is 0. The second-order valence-electron chi connectivity index (χ2n) is 2.96. The van der Waals surface area contributed by atoms with Crippen molar-refractivity contribution < 1.29 is 14.6 Å². The van der Waals surface area contributed by atoms with Gasteiger partial charge in [0.25, 0.3) is 0 Å². The summed E-state index contributed by atoms with van der Waals surface area (Å²) in [6.07, 6.45) is 1.53. The molecule has 1 N–H and O–H groups in total. The van der Waals surface area contributed by atoms with Gasteiger partial charge in [0.2, 0.25) is 0 Å². The van der Waals surface area contributed by atoms with Gasteiger partial charge in [-0.3, -0.25) is 4.79 Å². The Balaban J connectivity index is 4.19. The smallest absolute Gasteiger partial charge is 0.313 e. The van der Waals surface area contributed by atoms with Gasteiger partial charge in [0.05, 0.1) is 19.1 Å². The predicted octanol–water partition coefficient (Wildman–Crippen LogP) is 0.958. The van der Waals surface area contributed by atoms with Crippen molar-refractivity contribution in [1.29, 1.82) is 0 Å². The summed E-state index contributed by atoms with van der Waals surface area (Å²) in [6.45, 7) is 3.53. The molecule has 0 spiro atoms. The first-order valence-corrected chi connectivity index (χ1v) is 3.80. The standard InChI is InChI=1S/C8H16O3/c1-4-5-8(2,6-9)7(10)11-3/h9H,4-6H2,1-3H3. The van der Waals surface area contributed by atoms with Gasteiger partial charge in [0, 0.05) is 0 Å². The van der Waals surface area contributed by atoms with E-state index in [1.54, 1.807) is 6.92 Å². The van der Waals surface area contributed by atoms with E-state index in [0.717, 1.165) is 6.42 Å². The van der Waals surface area contributed by atoms with Gasteiger partial charge < -0.3 is 9.84 Å². The molecule has 0 aromatic heterocycles. The molecule has 0 saturated heterocycles. The van der Waals surface area contributed by atoms with E-state index in [4.69, 9.17) is 5.11 Å². The predicted molar refractivity (Wildman–Crippen MR) is 42.1 cm³/mol. The minimum atomic E-state index is -0.705. The zero-order valence-corrected chi connectivity index (χ0v) is 7.39. The second-order valence-corrected chi connectivity index (χ2v) is 2.96. The fourth-order valence-electron chi connectivity index (χ4n) is 1.04. The molecule has 66 valence electrons. The molecule has 1 unspecified atom stereocenters. The van der Waals surface area contributed by atoms with Crippen LogP contribution in [0.15, 0.2) is 0 Å². The van der Waals surface area contributed by atoms with Crippen LogP contribution in [0.5, 0.6) is 0 Å². The molecule has 0 aliphatic rings. The van der Waals surface area contributed by atoms with E-state index < -0.39 is 5.41 Å². The number of hydrogen-bond donors (Lipinski definition) is 1. The third kappa shape index (κ3) is 2.50. The van der Waals surface area contributed by atoms with Crippen LogP contribution in [0.2, 0.25) is 0 Å². The number of hydrogen-bond acceptors (Lipinski definition) is 3. The van der Waals surface area contributed by atoms with Crippen molar-refractivity contribution >= 4 is 5.97 Å². The molecule has 0 amide bonds.